The number of benzene rings is 1. The Bertz CT molecular complexity index is 1010. The van der Waals surface area contributed by atoms with Gasteiger partial charge in [0.2, 0.25) is 5.82 Å². The van der Waals surface area contributed by atoms with Crippen LogP contribution >= 0.6 is 0 Å². The highest BCUT2D eigenvalue weighted by atomic mass is 16.6. The van der Waals surface area contributed by atoms with E-state index in [1.165, 1.54) is 17.1 Å². The Morgan fingerprint density at radius 3 is 2.88 bits per heavy atom. The number of imidazole rings is 1. The fraction of sp³-hybridized carbons (Fsp3) is 0.250. The Labute approximate surface area is 148 Å². The van der Waals surface area contributed by atoms with E-state index in [-0.39, 0.29) is 11.4 Å². The average molecular weight is 352 g/mol. The van der Waals surface area contributed by atoms with Gasteiger partial charge in [-0.2, -0.15) is 10.5 Å². The fourth-order valence-electron chi connectivity index (χ4n) is 2.14. The molecule has 0 aliphatic carbocycles. The number of allylic oxidation sites excluding steroid dienone is 1. The van der Waals surface area contributed by atoms with Gasteiger partial charge in [-0.05, 0) is 44.2 Å². The molecule has 2 heterocycles. The minimum atomic E-state index is -0.594. The van der Waals surface area contributed by atoms with Crippen molar-refractivity contribution in [2.75, 3.05) is 5.32 Å². The van der Waals surface area contributed by atoms with Crippen molar-refractivity contribution in [2.24, 2.45) is 0 Å². The standard InChI is InChI=1S/C16H16N8O2/c1-16(2,3)26-15(25)24-9-19-12-6-11(4-5-13(12)24)18-8-10(7-17)14-20-22-23-21-14/h4-6,8-9,18H,1-3H3,(H,20,21,22,23). The number of fused-ring (bicyclic) bond motifs is 1. The van der Waals surface area contributed by atoms with Gasteiger partial charge in [-0.25, -0.2) is 14.3 Å². The average Bonchev–Trinajstić information content (AvgIpc) is 3.23. The number of ether oxygens (including phenoxy) is 1. The summed E-state index contributed by atoms with van der Waals surface area (Å²) in [6.45, 7) is 5.40. The number of aromatic nitrogens is 6. The number of nitrogens with zero attached hydrogens (tertiary/aromatic N) is 6. The number of tetrazole rings is 1. The second-order valence-electron chi connectivity index (χ2n) is 6.35. The lowest BCUT2D eigenvalue weighted by Gasteiger charge is -2.19. The number of nitrogens with one attached hydrogen (secondary N) is 2. The molecule has 26 heavy (non-hydrogen) atoms. The number of rotatable bonds is 3. The van der Waals surface area contributed by atoms with Crippen molar-refractivity contribution in [3.8, 4) is 6.07 Å². The van der Waals surface area contributed by atoms with E-state index in [1.54, 1.807) is 39.0 Å². The van der Waals surface area contributed by atoms with Crippen molar-refractivity contribution in [1.82, 2.24) is 30.2 Å². The second kappa shape index (κ2) is 6.64. The van der Waals surface area contributed by atoms with Crippen molar-refractivity contribution in [3.05, 3.63) is 36.6 Å². The first-order chi connectivity index (χ1) is 12.4. The third kappa shape index (κ3) is 3.67. The lowest BCUT2D eigenvalue weighted by atomic mass is 10.2. The van der Waals surface area contributed by atoms with Crippen LogP contribution in [0.1, 0.15) is 26.6 Å². The van der Waals surface area contributed by atoms with Crippen LogP contribution < -0.4 is 5.32 Å². The molecule has 10 heteroatoms. The van der Waals surface area contributed by atoms with E-state index < -0.39 is 11.7 Å². The SMILES string of the molecule is CC(C)(C)OC(=O)n1cnc2cc(NC=C(C#N)c3nn[nH]n3)ccc21. The highest BCUT2D eigenvalue weighted by molar-refractivity contribution is 5.88. The van der Waals surface area contributed by atoms with Gasteiger partial charge in [-0.1, -0.05) is 0 Å². The molecule has 132 valence electrons. The molecule has 0 unspecified atom stereocenters. The molecule has 2 aromatic heterocycles. The zero-order chi connectivity index (χ0) is 18.7. The predicted octanol–water partition coefficient (Wildman–Crippen LogP) is 2.31. The van der Waals surface area contributed by atoms with Crippen LogP contribution in [0.25, 0.3) is 16.6 Å². The van der Waals surface area contributed by atoms with Crippen LogP contribution in [-0.2, 0) is 4.74 Å². The summed E-state index contributed by atoms with van der Waals surface area (Å²) >= 11 is 0. The monoisotopic (exact) mass is 352 g/mol. The molecular weight excluding hydrogens is 336 g/mol. The summed E-state index contributed by atoms with van der Waals surface area (Å²) in [5.41, 5.74) is 1.53. The zero-order valence-electron chi connectivity index (χ0n) is 14.4. The first-order valence-corrected chi connectivity index (χ1v) is 7.68. The number of H-pyrrole nitrogens is 1. The summed E-state index contributed by atoms with van der Waals surface area (Å²) in [5.74, 6) is 0.190. The zero-order valence-corrected chi connectivity index (χ0v) is 14.4. The maximum absolute atomic E-state index is 12.2. The van der Waals surface area contributed by atoms with Crippen LogP contribution in [0.15, 0.2) is 30.7 Å². The van der Waals surface area contributed by atoms with E-state index in [2.05, 4.69) is 30.9 Å². The quantitative estimate of drug-likeness (QED) is 0.686. The van der Waals surface area contributed by atoms with E-state index in [1.807, 2.05) is 6.07 Å². The topological polar surface area (TPSA) is 134 Å². The molecule has 0 radical (unpaired) electrons. The molecular formula is C16H16N8O2. The van der Waals surface area contributed by atoms with Gasteiger partial charge >= 0.3 is 6.09 Å². The molecule has 1 aromatic carbocycles. The summed E-state index contributed by atoms with van der Waals surface area (Å²) in [6, 6.07) is 7.23. The number of carbonyl (C=O) groups excluding carboxylic acids is 1. The van der Waals surface area contributed by atoms with E-state index >= 15 is 0 Å². The molecule has 0 amide bonds. The maximum Gasteiger partial charge on any atom is 0.420 e. The van der Waals surface area contributed by atoms with Gasteiger partial charge in [-0.3, -0.25) is 0 Å². The number of aromatic amines is 1. The molecule has 0 aliphatic heterocycles. The van der Waals surface area contributed by atoms with Crippen LogP contribution in [0.3, 0.4) is 0 Å². The largest absolute Gasteiger partial charge is 0.443 e. The van der Waals surface area contributed by atoms with Crippen LogP contribution in [0.4, 0.5) is 10.5 Å². The molecule has 0 atom stereocenters. The minimum absolute atomic E-state index is 0.190. The van der Waals surface area contributed by atoms with E-state index in [4.69, 9.17) is 10.00 Å². The molecule has 0 saturated heterocycles. The highest BCUT2D eigenvalue weighted by Crippen LogP contribution is 2.20. The number of nitriles is 1. The second-order valence-corrected chi connectivity index (χ2v) is 6.35. The van der Waals surface area contributed by atoms with Crippen molar-refractivity contribution in [2.45, 2.75) is 26.4 Å². The molecule has 0 fully saturated rings. The van der Waals surface area contributed by atoms with Gasteiger partial charge in [0.1, 0.15) is 23.6 Å². The van der Waals surface area contributed by atoms with Crippen LogP contribution in [0.5, 0.6) is 0 Å². The number of hydrogen-bond donors (Lipinski definition) is 2. The van der Waals surface area contributed by atoms with Crippen LogP contribution in [0, 0.1) is 11.3 Å². The number of anilines is 1. The molecule has 0 saturated carbocycles. The molecule has 0 aliphatic rings. The summed E-state index contributed by atoms with van der Waals surface area (Å²) in [6.07, 6.45) is 2.39. The first kappa shape index (κ1) is 17.1. The van der Waals surface area contributed by atoms with Crippen LogP contribution in [-0.4, -0.2) is 41.9 Å². The molecule has 2 N–H and O–H groups in total. The third-order valence-electron chi connectivity index (χ3n) is 3.23. The van der Waals surface area contributed by atoms with Gasteiger partial charge in [0, 0.05) is 11.9 Å². The Kier molecular flexibility index (Phi) is 4.36. The lowest BCUT2D eigenvalue weighted by Crippen LogP contribution is -2.26. The lowest BCUT2D eigenvalue weighted by molar-refractivity contribution is 0.0543. The Morgan fingerprint density at radius 2 is 2.23 bits per heavy atom. The van der Waals surface area contributed by atoms with Gasteiger partial charge in [0.25, 0.3) is 0 Å². The summed E-state index contributed by atoms with van der Waals surface area (Å²) in [4.78, 5) is 16.4. The van der Waals surface area contributed by atoms with E-state index in [9.17, 15) is 4.79 Å². The smallest absolute Gasteiger partial charge is 0.420 e. The predicted molar refractivity (Wildman–Crippen MR) is 92.8 cm³/mol. The number of hydrogen-bond acceptors (Lipinski definition) is 8. The molecule has 3 aromatic rings. The van der Waals surface area contributed by atoms with Crippen LogP contribution in [0.2, 0.25) is 0 Å². The Morgan fingerprint density at radius 1 is 1.42 bits per heavy atom. The maximum atomic E-state index is 12.2. The van der Waals surface area contributed by atoms with Gasteiger partial charge < -0.3 is 10.1 Å². The first-order valence-electron chi connectivity index (χ1n) is 7.68. The van der Waals surface area contributed by atoms with Gasteiger partial charge in [0.05, 0.1) is 11.0 Å². The molecule has 0 spiro atoms. The molecule has 0 bridgehead atoms. The highest BCUT2D eigenvalue weighted by Gasteiger charge is 2.19. The Balaban J connectivity index is 1.83. The van der Waals surface area contributed by atoms with Gasteiger partial charge in [-0.15, -0.1) is 10.2 Å². The van der Waals surface area contributed by atoms with E-state index in [0.29, 0.717) is 16.7 Å². The third-order valence-corrected chi connectivity index (χ3v) is 3.23. The molecule has 3 rings (SSSR count). The summed E-state index contributed by atoms with van der Waals surface area (Å²) < 4.78 is 6.70. The minimum Gasteiger partial charge on any atom is -0.443 e. The van der Waals surface area contributed by atoms with Crippen molar-refractivity contribution < 1.29 is 9.53 Å². The Hall–Kier alpha value is -3.74. The normalized spacial score (nSPS) is 12.0. The molecule has 10 nitrogen and oxygen atoms in total. The van der Waals surface area contributed by atoms with Crippen molar-refractivity contribution in [1.29, 1.82) is 5.26 Å². The van der Waals surface area contributed by atoms with Crippen molar-refractivity contribution in [3.63, 3.8) is 0 Å². The summed E-state index contributed by atoms with van der Waals surface area (Å²) in [5, 5.41) is 25.4. The number of carbonyl (C=O) groups is 1. The summed E-state index contributed by atoms with van der Waals surface area (Å²) in [7, 11) is 0. The van der Waals surface area contributed by atoms with E-state index in [0.717, 1.165) is 0 Å². The fourth-order valence-corrected chi connectivity index (χ4v) is 2.14. The van der Waals surface area contributed by atoms with Crippen molar-refractivity contribution >= 4 is 28.4 Å². The van der Waals surface area contributed by atoms with Gasteiger partial charge in [0.15, 0.2) is 0 Å².